The number of primary amides is 1. The van der Waals surface area contributed by atoms with E-state index in [0.717, 1.165) is 0 Å². The van der Waals surface area contributed by atoms with Crippen LogP contribution in [-0.4, -0.2) is 30.2 Å². The average molecular weight is 200 g/mol. The van der Waals surface area contributed by atoms with Crippen molar-refractivity contribution in [1.29, 1.82) is 0 Å². The Morgan fingerprint density at radius 2 is 1.86 bits per heavy atom. The maximum Gasteiger partial charge on any atom is 0.237 e. The summed E-state index contributed by atoms with van der Waals surface area (Å²) < 4.78 is 5.24. The minimum atomic E-state index is -0.573. The quantitative estimate of drug-likeness (QED) is 0.678. The summed E-state index contributed by atoms with van der Waals surface area (Å²) >= 11 is 0. The molecule has 1 amide bonds. The predicted octanol–water partition coefficient (Wildman–Crippen LogP) is 0.409. The molecule has 0 aliphatic carbocycles. The van der Waals surface area contributed by atoms with Crippen molar-refractivity contribution in [2.75, 3.05) is 13.2 Å². The molecule has 4 heteroatoms. The van der Waals surface area contributed by atoms with Gasteiger partial charge in [0.1, 0.15) is 5.54 Å². The lowest BCUT2D eigenvalue weighted by atomic mass is 9.86. The first-order valence-electron chi connectivity index (χ1n) is 5.03. The molecule has 0 radical (unpaired) electrons. The van der Waals surface area contributed by atoms with Crippen LogP contribution in [0.4, 0.5) is 0 Å². The summed E-state index contributed by atoms with van der Waals surface area (Å²) in [6.07, 6.45) is 1.33. The van der Waals surface area contributed by atoms with Gasteiger partial charge in [-0.25, -0.2) is 0 Å². The first-order chi connectivity index (χ1) is 6.36. The highest BCUT2D eigenvalue weighted by molar-refractivity contribution is 5.84. The average Bonchev–Trinajstić information content (AvgIpc) is 2.02. The second kappa shape index (κ2) is 3.87. The van der Waals surface area contributed by atoms with Gasteiger partial charge >= 0.3 is 0 Å². The molecule has 82 valence electrons. The van der Waals surface area contributed by atoms with Crippen LogP contribution >= 0.6 is 0 Å². The monoisotopic (exact) mass is 200 g/mol. The standard InChI is InChI=1S/C10H20N2O2/c1-9(2,3)12-10(8(11)13)4-6-14-7-5-10/h12H,4-7H2,1-3H3,(H2,11,13). The van der Waals surface area contributed by atoms with E-state index in [4.69, 9.17) is 10.5 Å². The Kier molecular flexibility index (Phi) is 3.17. The van der Waals surface area contributed by atoms with Gasteiger partial charge in [0.05, 0.1) is 0 Å². The first-order valence-corrected chi connectivity index (χ1v) is 5.03. The summed E-state index contributed by atoms with van der Waals surface area (Å²) in [6, 6.07) is 0. The van der Waals surface area contributed by atoms with Crippen LogP contribution < -0.4 is 11.1 Å². The van der Waals surface area contributed by atoms with E-state index < -0.39 is 5.54 Å². The van der Waals surface area contributed by atoms with E-state index in [1.165, 1.54) is 0 Å². The van der Waals surface area contributed by atoms with Crippen LogP contribution in [0, 0.1) is 0 Å². The molecule has 14 heavy (non-hydrogen) atoms. The van der Waals surface area contributed by atoms with Crippen LogP contribution in [0.5, 0.6) is 0 Å². The van der Waals surface area contributed by atoms with Gasteiger partial charge < -0.3 is 10.5 Å². The Morgan fingerprint density at radius 1 is 1.36 bits per heavy atom. The van der Waals surface area contributed by atoms with Gasteiger partial charge in [-0.3, -0.25) is 10.1 Å². The van der Waals surface area contributed by atoms with Crippen molar-refractivity contribution in [3.8, 4) is 0 Å². The number of carbonyl (C=O) groups is 1. The van der Waals surface area contributed by atoms with E-state index in [-0.39, 0.29) is 11.4 Å². The molecule has 0 spiro atoms. The van der Waals surface area contributed by atoms with Crippen LogP contribution in [0.25, 0.3) is 0 Å². The highest BCUT2D eigenvalue weighted by atomic mass is 16.5. The lowest BCUT2D eigenvalue weighted by Gasteiger charge is -2.40. The number of hydrogen-bond donors (Lipinski definition) is 2. The lowest BCUT2D eigenvalue weighted by molar-refractivity contribution is -0.129. The maximum atomic E-state index is 11.5. The van der Waals surface area contributed by atoms with Crippen molar-refractivity contribution in [3.05, 3.63) is 0 Å². The van der Waals surface area contributed by atoms with Gasteiger partial charge in [-0.15, -0.1) is 0 Å². The Bertz CT molecular complexity index is 215. The molecule has 0 aromatic rings. The Morgan fingerprint density at radius 3 is 2.21 bits per heavy atom. The molecule has 1 aliphatic heterocycles. The van der Waals surface area contributed by atoms with Crippen molar-refractivity contribution >= 4 is 5.91 Å². The molecule has 3 N–H and O–H groups in total. The minimum absolute atomic E-state index is 0.105. The summed E-state index contributed by atoms with van der Waals surface area (Å²) in [5, 5.41) is 3.32. The minimum Gasteiger partial charge on any atom is -0.381 e. The van der Waals surface area contributed by atoms with Crippen molar-refractivity contribution in [2.24, 2.45) is 5.73 Å². The van der Waals surface area contributed by atoms with Gasteiger partial charge in [0.25, 0.3) is 0 Å². The fraction of sp³-hybridized carbons (Fsp3) is 0.900. The molecule has 0 unspecified atom stereocenters. The molecular formula is C10H20N2O2. The van der Waals surface area contributed by atoms with Gasteiger partial charge in [0, 0.05) is 18.8 Å². The molecule has 0 atom stereocenters. The zero-order valence-corrected chi connectivity index (χ0v) is 9.22. The third-order valence-electron chi connectivity index (χ3n) is 2.43. The fourth-order valence-corrected chi connectivity index (χ4v) is 1.87. The van der Waals surface area contributed by atoms with Crippen LogP contribution in [0.15, 0.2) is 0 Å². The molecule has 0 bridgehead atoms. The summed E-state index contributed by atoms with van der Waals surface area (Å²) in [5.74, 6) is -0.268. The Hall–Kier alpha value is -0.610. The molecule has 1 heterocycles. The molecular weight excluding hydrogens is 180 g/mol. The maximum absolute atomic E-state index is 11.5. The Labute approximate surface area is 85.2 Å². The number of ether oxygens (including phenoxy) is 1. The summed E-state index contributed by atoms with van der Waals surface area (Å²) in [4.78, 5) is 11.5. The second-order valence-electron chi connectivity index (χ2n) is 4.93. The third kappa shape index (κ3) is 2.69. The summed E-state index contributed by atoms with van der Waals surface area (Å²) in [5.41, 5.74) is 4.77. The zero-order valence-electron chi connectivity index (χ0n) is 9.22. The van der Waals surface area contributed by atoms with E-state index in [0.29, 0.717) is 26.1 Å². The topological polar surface area (TPSA) is 64.3 Å². The van der Waals surface area contributed by atoms with Gasteiger partial charge in [-0.1, -0.05) is 0 Å². The van der Waals surface area contributed by atoms with Gasteiger partial charge in [0.2, 0.25) is 5.91 Å². The van der Waals surface area contributed by atoms with E-state index in [9.17, 15) is 4.79 Å². The zero-order chi connectivity index (χ0) is 10.8. The largest absolute Gasteiger partial charge is 0.381 e. The number of hydrogen-bond acceptors (Lipinski definition) is 3. The fourth-order valence-electron chi connectivity index (χ4n) is 1.87. The second-order valence-corrected chi connectivity index (χ2v) is 4.93. The molecule has 1 saturated heterocycles. The van der Waals surface area contributed by atoms with Gasteiger partial charge in [-0.2, -0.15) is 0 Å². The SMILES string of the molecule is CC(C)(C)NC1(C(N)=O)CCOCC1. The van der Waals surface area contributed by atoms with Crippen LogP contribution in [0.2, 0.25) is 0 Å². The molecule has 1 rings (SSSR count). The molecule has 0 saturated carbocycles. The summed E-state index contributed by atoms with van der Waals surface area (Å²) in [7, 11) is 0. The smallest absolute Gasteiger partial charge is 0.237 e. The number of rotatable bonds is 2. The highest BCUT2D eigenvalue weighted by Gasteiger charge is 2.40. The van der Waals surface area contributed by atoms with Gasteiger partial charge in [-0.05, 0) is 33.6 Å². The van der Waals surface area contributed by atoms with Crippen molar-refractivity contribution in [1.82, 2.24) is 5.32 Å². The van der Waals surface area contributed by atoms with E-state index >= 15 is 0 Å². The normalized spacial score (nSPS) is 21.9. The van der Waals surface area contributed by atoms with E-state index in [1.807, 2.05) is 20.8 Å². The van der Waals surface area contributed by atoms with Crippen molar-refractivity contribution < 1.29 is 9.53 Å². The number of nitrogens with two attached hydrogens (primary N) is 1. The molecule has 1 fully saturated rings. The summed E-state index contributed by atoms with van der Waals surface area (Å²) in [6.45, 7) is 7.31. The predicted molar refractivity (Wildman–Crippen MR) is 54.9 cm³/mol. The van der Waals surface area contributed by atoms with Crippen LogP contribution in [0.3, 0.4) is 0 Å². The number of amides is 1. The van der Waals surface area contributed by atoms with Crippen molar-refractivity contribution in [2.45, 2.75) is 44.7 Å². The van der Waals surface area contributed by atoms with Crippen LogP contribution in [0.1, 0.15) is 33.6 Å². The van der Waals surface area contributed by atoms with Crippen molar-refractivity contribution in [3.63, 3.8) is 0 Å². The Balaban J connectivity index is 2.76. The number of carbonyl (C=O) groups excluding carboxylic acids is 1. The molecule has 4 nitrogen and oxygen atoms in total. The van der Waals surface area contributed by atoms with E-state index in [2.05, 4.69) is 5.32 Å². The molecule has 0 aromatic heterocycles. The van der Waals surface area contributed by atoms with E-state index in [1.54, 1.807) is 0 Å². The third-order valence-corrected chi connectivity index (χ3v) is 2.43. The highest BCUT2D eigenvalue weighted by Crippen LogP contribution is 2.23. The molecule has 0 aromatic carbocycles. The first kappa shape index (κ1) is 11.5. The number of nitrogens with one attached hydrogen (secondary N) is 1. The molecule has 1 aliphatic rings. The van der Waals surface area contributed by atoms with Gasteiger partial charge in [0.15, 0.2) is 0 Å². The lowest BCUT2D eigenvalue weighted by Crippen LogP contribution is -2.63. The van der Waals surface area contributed by atoms with Crippen LogP contribution in [-0.2, 0) is 9.53 Å².